The lowest BCUT2D eigenvalue weighted by Crippen LogP contribution is -2.55. The Hall–Kier alpha value is -4.43. The van der Waals surface area contributed by atoms with Gasteiger partial charge in [0.05, 0.1) is 12.1 Å². The van der Waals surface area contributed by atoms with Crippen LogP contribution in [0.15, 0.2) is 96.7 Å². The Labute approximate surface area is 239 Å². The summed E-state index contributed by atoms with van der Waals surface area (Å²) in [5.74, 6) is -0.810. The third-order valence-corrected chi connectivity index (χ3v) is 8.33. The van der Waals surface area contributed by atoms with E-state index in [9.17, 15) is 24.6 Å². The molecule has 212 valence electrons. The first-order valence-corrected chi connectivity index (χ1v) is 13.9. The number of carbonyl (C=O) groups excluding carboxylic acids is 2. The molecule has 0 saturated carbocycles. The second-order valence-electron chi connectivity index (χ2n) is 11.1. The molecule has 8 heteroatoms. The molecule has 0 saturated heterocycles. The number of nitrogens with one attached hydrogen (secondary N) is 2. The van der Waals surface area contributed by atoms with Crippen molar-refractivity contribution in [2.24, 2.45) is 5.73 Å². The first kappa shape index (κ1) is 28.1. The molecular weight excluding hydrogens is 518 g/mol. The van der Waals surface area contributed by atoms with Crippen molar-refractivity contribution in [1.82, 2.24) is 10.6 Å². The summed E-state index contributed by atoms with van der Waals surface area (Å²) in [5, 5.41) is 26.9. The van der Waals surface area contributed by atoms with Crippen LogP contribution in [0.25, 0.3) is 0 Å². The van der Waals surface area contributed by atoms with Crippen LogP contribution in [-0.4, -0.2) is 45.7 Å². The quantitative estimate of drug-likeness (QED) is 0.245. The minimum atomic E-state index is -1.24. The van der Waals surface area contributed by atoms with E-state index in [-0.39, 0.29) is 42.8 Å². The van der Waals surface area contributed by atoms with Gasteiger partial charge in [-0.25, -0.2) is 4.79 Å². The third kappa shape index (κ3) is 6.18. The smallest absolute Gasteiger partial charge is 0.404 e. The number of carboxylic acid groups (broad SMARTS) is 1. The average Bonchev–Trinajstić information content (AvgIpc) is 3.46. The highest BCUT2D eigenvalue weighted by Gasteiger charge is 2.49. The van der Waals surface area contributed by atoms with E-state index in [0.29, 0.717) is 18.4 Å². The summed E-state index contributed by atoms with van der Waals surface area (Å²) in [6, 6.07) is 25.9. The van der Waals surface area contributed by atoms with E-state index < -0.39 is 23.8 Å². The summed E-state index contributed by atoms with van der Waals surface area (Å²) in [5.41, 5.74) is 8.78. The van der Waals surface area contributed by atoms with Gasteiger partial charge in [-0.05, 0) is 41.0 Å². The molecule has 2 amide bonds. The van der Waals surface area contributed by atoms with Gasteiger partial charge in [0.1, 0.15) is 5.54 Å². The number of ketones is 1. The summed E-state index contributed by atoms with van der Waals surface area (Å²) in [6.07, 6.45) is 0.733. The number of hydrogen-bond acceptors (Lipinski definition) is 5. The van der Waals surface area contributed by atoms with E-state index in [1.54, 1.807) is 6.20 Å². The number of carbonyl (C=O) groups is 3. The van der Waals surface area contributed by atoms with Crippen LogP contribution < -0.4 is 16.4 Å². The predicted molar refractivity (Wildman–Crippen MR) is 155 cm³/mol. The maximum Gasteiger partial charge on any atom is 0.404 e. The van der Waals surface area contributed by atoms with Gasteiger partial charge < -0.3 is 26.6 Å². The van der Waals surface area contributed by atoms with Crippen molar-refractivity contribution in [2.75, 3.05) is 0 Å². The van der Waals surface area contributed by atoms with Crippen LogP contribution in [-0.2, 0) is 22.4 Å². The molecule has 0 aromatic heterocycles. The van der Waals surface area contributed by atoms with Gasteiger partial charge in [0.15, 0.2) is 5.78 Å². The van der Waals surface area contributed by atoms with Gasteiger partial charge in [-0.3, -0.25) is 9.59 Å². The lowest BCUT2D eigenvalue weighted by atomic mass is 9.77. The fourth-order valence-corrected chi connectivity index (χ4v) is 6.46. The van der Waals surface area contributed by atoms with Crippen LogP contribution in [0.3, 0.4) is 0 Å². The SMILES string of the molecule is NC(=O)C[C@H]1C[C@@H](C2=CN[C@@](Cc3ccccc3)(C[C@H](O)[C@H](Cc3ccccc3)NC(=O)O)C2=O)c2ccccc21. The zero-order valence-corrected chi connectivity index (χ0v) is 22.7. The molecule has 0 fully saturated rings. The van der Waals surface area contributed by atoms with Gasteiger partial charge in [0.2, 0.25) is 5.91 Å². The lowest BCUT2D eigenvalue weighted by Gasteiger charge is -2.34. The molecule has 5 atom stereocenters. The number of amides is 2. The van der Waals surface area contributed by atoms with E-state index >= 15 is 0 Å². The van der Waals surface area contributed by atoms with Crippen LogP contribution in [0.2, 0.25) is 0 Å². The number of hydrogen-bond donors (Lipinski definition) is 5. The highest BCUT2D eigenvalue weighted by molar-refractivity contribution is 6.06. The number of benzene rings is 3. The fraction of sp³-hybridized carbons (Fsp3) is 0.303. The third-order valence-electron chi connectivity index (χ3n) is 8.33. The zero-order chi connectivity index (χ0) is 29.0. The Kier molecular flexibility index (Phi) is 8.21. The first-order valence-electron chi connectivity index (χ1n) is 13.9. The first-order chi connectivity index (χ1) is 19.8. The van der Waals surface area contributed by atoms with Crippen molar-refractivity contribution in [3.63, 3.8) is 0 Å². The highest BCUT2D eigenvalue weighted by atomic mass is 16.4. The molecule has 41 heavy (non-hydrogen) atoms. The fourth-order valence-electron chi connectivity index (χ4n) is 6.46. The summed E-state index contributed by atoms with van der Waals surface area (Å²) < 4.78 is 0. The Balaban J connectivity index is 1.44. The molecule has 1 heterocycles. The van der Waals surface area contributed by atoms with Gasteiger partial charge in [-0.1, -0.05) is 84.9 Å². The zero-order valence-electron chi connectivity index (χ0n) is 22.7. The number of aliphatic hydroxyl groups excluding tert-OH is 1. The molecule has 3 aromatic carbocycles. The van der Waals surface area contributed by atoms with E-state index in [2.05, 4.69) is 10.6 Å². The minimum absolute atomic E-state index is 0.00239. The largest absolute Gasteiger partial charge is 0.465 e. The summed E-state index contributed by atoms with van der Waals surface area (Å²) >= 11 is 0. The molecule has 0 bridgehead atoms. The molecule has 3 aromatic rings. The predicted octanol–water partition coefficient (Wildman–Crippen LogP) is 3.80. The van der Waals surface area contributed by atoms with Crippen LogP contribution in [0, 0.1) is 0 Å². The van der Waals surface area contributed by atoms with Crippen molar-refractivity contribution in [3.05, 3.63) is 119 Å². The highest BCUT2D eigenvalue weighted by Crippen LogP contribution is 2.49. The molecule has 0 unspecified atom stereocenters. The van der Waals surface area contributed by atoms with E-state index in [4.69, 9.17) is 5.73 Å². The molecule has 8 nitrogen and oxygen atoms in total. The number of fused-ring (bicyclic) bond motifs is 1. The maximum atomic E-state index is 14.4. The number of aliphatic hydroxyl groups is 1. The van der Waals surface area contributed by atoms with Crippen molar-refractivity contribution >= 4 is 17.8 Å². The number of rotatable bonds is 11. The van der Waals surface area contributed by atoms with Gasteiger partial charge >= 0.3 is 6.09 Å². The Morgan fingerprint density at radius 3 is 2.20 bits per heavy atom. The van der Waals surface area contributed by atoms with Crippen LogP contribution in [0.5, 0.6) is 0 Å². The number of primary amides is 1. The Morgan fingerprint density at radius 2 is 1.56 bits per heavy atom. The molecule has 2 aliphatic rings. The summed E-state index contributed by atoms with van der Waals surface area (Å²) in [4.78, 5) is 37.9. The van der Waals surface area contributed by atoms with Crippen LogP contribution >= 0.6 is 0 Å². The van der Waals surface area contributed by atoms with Gasteiger partial charge in [0, 0.05) is 37.0 Å². The summed E-state index contributed by atoms with van der Waals surface area (Å²) in [7, 11) is 0. The normalized spacial score (nSPS) is 22.8. The topological polar surface area (TPSA) is 142 Å². The molecular formula is C33H35N3O5. The molecule has 1 aliphatic carbocycles. The summed E-state index contributed by atoms with van der Waals surface area (Å²) in [6.45, 7) is 0. The van der Waals surface area contributed by atoms with E-state index in [0.717, 1.165) is 22.3 Å². The lowest BCUT2D eigenvalue weighted by molar-refractivity contribution is -0.122. The van der Waals surface area contributed by atoms with Crippen molar-refractivity contribution in [1.29, 1.82) is 0 Å². The molecule has 0 radical (unpaired) electrons. The molecule has 5 rings (SSSR count). The second kappa shape index (κ2) is 12.0. The van der Waals surface area contributed by atoms with E-state index in [1.807, 2.05) is 84.9 Å². The van der Waals surface area contributed by atoms with Crippen LogP contribution in [0.1, 0.15) is 53.4 Å². The van der Waals surface area contributed by atoms with Crippen LogP contribution in [0.4, 0.5) is 4.79 Å². The van der Waals surface area contributed by atoms with E-state index in [1.165, 1.54) is 0 Å². The number of nitrogens with two attached hydrogens (primary N) is 1. The Morgan fingerprint density at radius 1 is 0.951 bits per heavy atom. The van der Waals surface area contributed by atoms with Gasteiger partial charge in [0.25, 0.3) is 0 Å². The van der Waals surface area contributed by atoms with Gasteiger partial charge in [-0.15, -0.1) is 0 Å². The number of Topliss-reactive ketones (excluding diaryl/α,β-unsaturated/α-hetero) is 1. The standard InChI is InChI=1S/C33H35N3O5/c34-30(38)17-23-16-26(25-14-8-7-13-24(23)25)27-20-35-33(31(27)39,18-22-11-5-2-6-12-22)19-29(37)28(36-32(40)41)15-21-9-3-1-4-10-21/h1-14,20,23,26,28-29,35-37H,15-19H2,(H2,34,38)(H,40,41)/t23-,26-,28+,29+,33+/m1/s1. The second-order valence-corrected chi connectivity index (χ2v) is 11.1. The van der Waals surface area contributed by atoms with Crippen molar-refractivity contribution in [3.8, 4) is 0 Å². The molecule has 6 N–H and O–H groups in total. The Bertz CT molecular complexity index is 1440. The minimum Gasteiger partial charge on any atom is -0.465 e. The molecule has 0 spiro atoms. The monoisotopic (exact) mass is 553 g/mol. The van der Waals surface area contributed by atoms with Crippen molar-refractivity contribution < 1.29 is 24.6 Å². The molecule has 1 aliphatic heterocycles. The van der Waals surface area contributed by atoms with Gasteiger partial charge in [-0.2, -0.15) is 0 Å². The average molecular weight is 554 g/mol. The maximum absolute atomic E-state index is 14.4. The van der Waals surface area contributed by atoms with Crippen molar-refractivity contribution in [2.45, 2.75) is 61.6 Å².